The summed E-state index contributed by atoms with van der Waals surface area (Å²) in [6.07, 6.45) is 10.9. The number of rotatable bonds is 4. The predicted octanol–water partition coefficient (Wildman–Crippen LogP) is 3.75. The van der Waals surface area contributed by atoms with E-state index in [1.54, 1.807) is 11.1 Å². The number of fused-ring (bicyclic) bond motifs is 1. The summed E-state index contributed by atoms with van der Waals surface area (Å²) in [6.45, 7) is 3.65. The molecule has 1 aromatic rings. The van der Waals surface area contributed by atoms with Crippen LogP contribution in [0, 0.1) is 0 Å². The Bertz CT molecular complexity index is 449. The molecule has 0 radical (unpaired) electrons. The molecule has 0 unspecified atom stereocenters. The average Bonchev–Trinajstić information content (AvgIpc) is 2.76. The van der Waals surface area contributed by atoms with Gasteiger partial charge in [0.15, 0.2) is 0 Å². The standard InChI is InChI=1S/C19H30N2/c1-20-19(11-5-2-6-12-19)13-15-21-14-7-10-17-8-3-4-9-18(17)16-21/h3-4,8-9,20H,2,5-7,10-16H2,1H3. The van der Waals surface area contributed by atoms with Gasteiger partial charge in [-0.2, -0.15) is 0 Å². The summed E-state index contributed by atoms with van der Waals surface area (Å²) in [4.78, 5) is 2.68. The smallest absolute Gasteiger partial charge is 0.0236 e. The van der Waals surface area contributed by atoms with Crippen LogP contribution in [0.4, 0.5) is 0 Å². The molecule has 1 aromatic carbocycles. The van der Waals surface area contributed by atoms with Crippen LogP contribution < -0.4 is 5.32 Å². The van der Waals surface area contributed by atoms with Crippen molar-refractivity contribution >= 4 is 0 Å². The van der Waals surface area contributed by atoms with Crippen LogP contribution in [0.1, 0.15) is 56.1 Å². The number of hydrogen-bond donors (Lipinski definition) is 1. The normalized spacial score (nSPS) is 22.5. The molecule has 2 aliphatic rings. The fourth-order valence-corrected chi connectivity index (χ4v) is 4.19. The highest BCUT2D eigenvalue weighted by molar-refractivity contribution is 5.28. The Hall–Kier alpha value is -0.860. The van der Waals surface area contributed by atoms with Gasteiger partial charge in [0.25, 0.3) is 0 Å². The molecule has 2 heteroatoms. The zero-order chi connectivity index (χ0) is 14.5. The van der Waals surface area contributed by atoms with Crippen molar-refractivity contribution in [1.82, 2.24) is 10.2 Å². The Kier molecular flexibility index (Phi) is 4.97. The van der Waals surface area contributed by atoms with Gasteiger partial charge in [-0.3, -0.25) is 4.90 Å². The SMILES string of the molecule is CNC1(CCN2CCCc3ccccc3C2)CCCCC1. The Balaban J connectivity index is 1.60. The van der Waals surface area contributed by atoms with Crippen LogP contribution >= 0.6 is 0 Å². The Morgan fingerprint density at radius 1 is 1.05 bits per heavy atom. The van der Waals surface area contributed by atoms with Crippen LogP contribution in [0.5, 0.6) is 0 Å². The van der Waals surface area contributed by atoms with Crippen LogP contribution in [0.2, 0.25) is 0 Å². The summed E-state index contributed by atoms with van der Waals surface area (Å²) >= 11 is 0. The number of benzene rings is 1. The van der Waals surface area contributed by atoms with Crippen molar-refractivity contribution in [3.63, 3.8) is 0 Å². The lowest BCUT2D eigenvalue weighted by atomic mass is 9.79. The van der Waals surface area contributed by atoms with Gasteiger partial charge in [0.05, 0.1) is 0 Å². The van der Waals surface area contributed by atoms with E-state index in [0.29, 0.717) is 5.54 Å². The third-order valence-corrected chi connectivity index (χ3v) is 5.68. The first kappa shape index (κ1) is 15.1. The molecule has 0 spiro atoms. The molecule has 116 valence electrons. The minimum Gasteiger partial charge on any atom is -0.314 e. The molecule has 0 atom stereocenters. The molecule has 1 heterocycles. The van der Waals surface area contributed by atoms with Gasteiger partial charge in [0.2, 0.25) is 0 Å². The lowest BCUT2D eigenvalue weighted by molar-refractivity contribution is 0.179. The Morgan fingerprint density at radius 3 is 2.57 bits per heavy atom. The number of aryl methyl sites for hydroxylation is 1. The van der Waals surface area contributed by atoms with E-state index >= 15 is 0 Å². The molecular formula is C19H30N2. The topological polar surface area (TPSA) is 15.3 Å². The van der Waals surface area contributed by atoms with Crippen molar-refractivity contribution in [3.8, 4) is 0 Å². The van der Waals surface area contributed by atoms with Gasteiger partial charge in [-0.25, -0.2) is 0 Å². The van der Waals surface area contributed by atoms with E-state index in [9.17, 15) is 0 Å². The minimum absolute atomic E-state index is 0.421. The highest BCUT2D eigenvalue weighted by atomic mass is 15.1. The van der Waals surface area contributed by atoms with E-state index in [1.807, 2.05) is 0 Å². The molecule has 1 N–H and O–H groups in total. The van der Waals surface area contributed by atoms with Crippen molar-refractivity contribution in [2.24, 2.45) is 0 Å². The second kappa shape index (κ2) is 6.93. The van der Waals surface area contributed by atoms with E-state index in [0.717, 1.165) is 6.54 Å². The predicted molar refractivity (Wildman–Crippen MR) is 89.5 cm³/mol. The molecular weight excluding hydrogens is 256 g/mol. The zero-order valence-electron chi connectivity index (χ0n) is 13.5. The monoisotopic (exact) mass is 286 g/mol. The highest BCUT2D eigenvalue weighted by Crippen LogP contribution is 2.31. The number of nitrogens with one attached hydrogen (secondary N) is 1. The molecule has 1 aliphatic heterocycles. The molecule has 0 amide bonds. The average molecular weight is 286 g/mol. The van der Waals surface area contributed by atoms with Crippen LogP contribution in [0.15, 0.2) is 24.3 Å². The Morgan fingerprint density at radius 2 is 1.81 bits per heavy atom. The van der Waals surface area contributed by atoms with E-state index in [4.69, 9.17) is 0 Å². The molecule has 1 fully saturated rings. The first-order valence-corrected chi connectivity index (χ1v) is 8.79. The molecule has 21 heavy (non-hydrogen) atoms. The van der Waals surface area contributed by atoms with Crippen molar-refractivity contribution in [2.45, 2.75) is 63.5 Å². The molecule has 0 saturated heterocycles. The van der Waals surface area contributed by atoms with Gasteiger partial charge in [-0.1, -0.05) is 43.5 Å². The van der Waals surface area contributed by atoms with E-state index < -0.39 is 0 Å². The van der Waals surface area contributed by atoms with Gasteiger partial charge >= 0.3 is 0 Å². The van der Waals surface area contributed by atoms with Gasteiger partial charge in [0.1, 0.15) is 0 Å². The maximum absolute atomic E-state index is 3.67. The van der Waals surface area contributed by atoms with Crippen molar-refractivity contribution in [1.29, 1.82) is 0 Å². The fraction of sp³-hybridized carbons (Fsp3) is 0.684. The molecule has 1 saturated carbocycles. The van der Waals surface area contributed by atoms with Gasteiger partial charge in [-0.15, -0.1) is 0 Å². The van der Waals surface area contributed by atoms with Crippen LogP contribution in [0.25, 0.3) is 0 Å². The maximum atomic E-state index is 3.67. The third kappa shape index (κ3) is 3.67. The second-order valence-electron chi connectivity index (χ2n) is 6.99. The van der Waals surface area contributed by atoms with Crippen molar-refractivity contribution in [3.05, 3.63) is 35.4 Å². The van der Waals surface area contributed by atoms with Crippen molar-refractivity contribution < 1.29 is 0 Å². The number of nitrogens with zero attached hydrogens (tertiary/aromatic N) is 1. The summed E-state index contributed by atoms with van der Waals surface area (Å²) in [5, 5.41) is 3.67. The van der Waals surface area contributed by atoms with E-state index in [2.05, 4.69) is 41.5 Å². The summed E-state index contributed by atoms with van der Waals surface area (Å²) in [7, 11) is 2.17. The molecule has 0 aromatic heterocycles. The third-order valence-electron chi connectivity index (χ3n) is 5.68. The summed E-state index contributed by atoms with van der Waals surface area (Å²) in [6, 6.07) is 9.02. The molecule has 0 bridgehead atoms. The minimum atomic E-state index is 0.421. The van der Waals surface area contributed by atoms with Gasteiger partial charge in [-0.05, 0) is 56.8 Å². The van der Waals surface area contributed by atoms with Crippen LogP contribution in [0.3, 0.4) is 0 Å². The quantitative estimate of drug-likeness (QED) is 0.907. The van der Waals surface area contributed by atoms with E-state index in [-0.39, 0.29) is 0 Å². The first-order valence-electron chi connectivity index (χ1n) is 8.79. The summed E-state index contributed by atoms with van der Waals surface area (Å²) < 4.78 is 0. The fourth-order valence-electron chi connectivity index (χ4n) is 4.19. The summed E-state index contributed by atoms with van der Waals surface area (Å²) in [5.41, 5.74) is 3.54. The lowest BCUT2D eigenvalue weighted by Crippen LogP contribution is -2.47. The van der Waals surface area contributed by atoms with E-state index in [1.165, 1.54) is 64.5 Å². The first-order chi connectivity index (χ1) is 10.3. The van der Waals surface area contributed by atoms with Crippen LogP contribution in [-0.2, 0) is 13.0 Å². The highest BCUT2D eigenvalue weighted by Gasteiger charge is 2.30. The van der Waals surface area contributed by atoms with Gasteiger partial charge < -0.3 is 5.32 Å². The molecule has 3 rings (SSSR count). The largest absolute Gasteiger partial charge is 0.314 e. The second-order valence-corrected chi connectivity index (χ2v) is 6.99. The lowest BCUT2D eigenvalue weighted by Gasteiger charge is -2.38. The maximum Gasteiger partial charge on any atom is 0.0236 e. The zero-order valence-corrected chi connectivity index (χ0v) is 13.5. The summed E-state index contributed by atoms with van der Waals surface area (Å²) in [5.74, 6) is 0. The molecule has 1 aliphatic carbocycles. The van der Waals surface area contributed by atoms with Gasteiger partial charge in [0, 0.05) is 18.6 Å². The number of hydrogen-bond acceptors (Lipinski definition) is 2. The Labute approximate surface area is 129 Å². The van der Waals surface area contributed by atoms with Crippen molar-refractivity contribution in [2.75, 3.05) is 20.1 Å². The molecule has 2 nitrogen and oxygen atoms in total. The van der Waals surface area contributed by atoms with Crippen LogP contribution in [-0.4, -0.2) is 30.6 Å².